The highest BCUT2D eigenvalue weighted by Crippen LogP contribution is 2.22. The third-order valence-electron chi connectivity index (χ3n) is 4.55. The SMILES string of the molecule is CCN(C(=O)c1ccccc1NC(=O)/C=C/c1cccc([N+](=O)[O-])c1)c1ccccc1. The largest absolute Gasteiger partial charge is 0.322 e. The van der Waals surface area contributed by atoms with Crippen molar-refractivity contribution < 1.29 is 14.5 Å². The molecule has 1 N–H and O–H groups in total. The molecule has 0 aliphatic heterocycles. The number of carbonyl (C=O) groups is 2. The number of hydrogen-bond donors (Lipinski definition) is 1. The van der Waals surface area contributed by atoms with Crippen molar-refractivity contribution in [1.82, 2.24) is 0 Å². The summed E-state index contributed by atoms with van der Waals surface area (Å²) in [6, 6.07) is 22.1. The average molecular weight is 415 g/mol. The quantitative estimate of drug-likeness (QED) is 0.337. The van der Waals surface area contributed by atoms with E-state index in [1.54, 1.807) is 41.3 Å². The van der Waals surface area contributed by atoms with Gasteiger partial charge in [-0.05, 0) is 42.8 Å². The predicted molar refractivity (Wildman–Crippen MR) is 121 cm³/mol. The maximum absolute atomic E-state index is 13.2. The van der Waals surface area contributed by atoms with Gasteiger partial charge in [0.05, 0.1) is 16.2 Å². The fraction of sp³-hybridized carbons (Fsp3) is 0.0833. The highest BCUT2D eigenvalue weighted by molar-refractivity contribution is 6.12. The van der Waals surface area contributed by atoms with Crippen LogP contribution in [-0.4, -0.2) is 23.3 Å². The summed E-state index contributed by atoms with van der Waals surface area (Å²) in [7, 11) is 0. The van der Waals surface area contributed by atoms with Gasteiger partial charge in [-0.3, -0.25) is 19.7 Å². The molecule has 0 unspecified atom stereocenters. The zero-order valence-corrected chi connectivity index (χ0v) is 16.9. The second-order valence-electron chi connectivity index (χ2n) is 6.61. The van der Waals surface area contributed by atoms with Crippen LogP contribution in [0.3, 0.4) is 0 Å². The summed E-state index contributed by atoms with van der Waals surface area (Å²) in [5.41, 5.74) is 1.98. The van der Waals surface area contributed by atoms with Gasteiger partial charge in [0.1, 0.15) is 0 Å². The zero-order valence-electron chi connectivity index (χ0n) is 16.9. The molecule has 2 amide bonds. The molecular weight excluding hydrogens is 394 g/mol. The minimum absolute atomic E-state index is 0.0564. The van der Waals surface area contributed by atoms with Gasteiger partial charge in [0.2, 0.25) is 5.91 Å². The molecule has 156 valence electrons. The van der Waals surface area contributed by atoms with E-state index in [-0.39, 0.29) is 11.6 Å². The highest BCUT2D eigenvalue weighted by Gasteiger charge is 2.19. The molecule has 0 atom stereocenters. The van der Waals surface area contributed by atoms with Crippen LogP contribution in [-0.2, 0) is 4.79 Å². The molecule has 0 radical (unpaired) electrons. The van der Waals surface area contributed by atoms with E-state index in [1.165, 1.54) is 24.3 Å². The van der Waals surface area contributed by atoms with Crippen molar-refractivity contribution in [1.29, 1.82) is 0 Å². The van der Waals surface area contributed by atoms with E-state index in [1.807, 2.05) is 37.3 Å². The number of nitrogens with zero attached hydrogens (tertiary/aromatic N) is 2. The lowest BCUT2D eigenvalue weighted by Crippen LogP contribution is -2.31. The Kier molecular flexibility index (Phi) is 6.90. The van der Waals surface area contributed by atoms with Crippen LogP contribution < -0.4 is 10.2 Å². The summed E-state index contributed by atoms with van der Waals surface area (Å²) in [5.74, 6) is -0.679. The van der Waals surface area contributed by atoms with Crippen molar-refractivity contribution in [3.8, 4) is 0 Å². The lowest BCUT2D eigenvalue weighted by atomic mass is 10.1. The molecule has 0 aliphatic carbocycles. The predicted octanol–water partition coefficient (Wildman–Crippen LogP) is 4.91. The number of anilines is 2. The topological polar surface area (TPSA) is 92.6 Å². The Hall–Kier alpha value is -4.26. The van der Waals surface area contributed by atoms with E-state index in [2.05, 4.69) is 5.32 Å². The number of non-ortho nitro benzene ring substituents is 1. The number of para-hydroxylation sites is 2. The molecular formula is C24H21N3O4. The number of nitro groups is 1. The first kappa shape index (κ1) is 21.4. The van der Waals surface area contributed by atoms with E-state index >= 15 is 0 Å². The summed E-state index contributed by atoms with van der Waals surface area (Å²) in [4.78, 5) is 37.6. The Morgan fingerprint density at radius 3 is 2.42 bits per heavy atom. The first-order chi connectivity index (χ1) is 15.0. The van der Waals surface area contributed by atoms with Gasteiger partial charge in [0, 0.05) is 30.4 Å². The minimum Gasteiger partial charge on any atom is -0.322 e. The number of hydrogen-bond acceptors (Lipinski definition) is 4. The maximum atomic E-state index is 13.2. The Labute approximate surface area is 179 Å². The fourth-order valence-electron chi connectivity index (χ4n) is 3.06. The molecule has 0 saturated carbocycles. The van der Waals surface area contributed by atoms with Gasteiger partial charge in [0.15, 0.2) is 0 Å². The zero-order chi connectivity index (χ0) is 22.2. The molecule has 7 nitrogen and oxygen atoms in total. The second-order valence-corrected chi connectivity index (χ2v) is 6.61. The summed E-state index contributed by atoms with van der Waals surface area (Å²) < 4.78 is 0. The summed E-state index contributed by atoms with van der Waals surface area (Å²) >= 11 is 0. The number of amides is 2. The molecule has 0 fully saturated rings. The molecule has 0 aromatic heterocycles. The summed E-state index contributed by atoms with van der Waals surface area (Å²) in [6.45, 7) is 2.35. The highest BCUT2D eigenvalue weighted by atomic mass is 16.6. The normalized spacial score (nSPS) is 10.6. The van der Waals surface area contributed by atoms with Crippen molar-refractivity contribution in [3.63, 3.8) is 0 Å². The van der Waals surface area contributed by atoms with E-state index in [0.29, 0.717) is 23.4 Å². The smallest absolute Gasteiger partial charge is 0.270 e. The first-order valence-electron chi connectivity index (χ1n) is 9.69. The van der Waals surface area contributed by atoms with Gasteiger partial charge in [-0.15, -0.1) is 0 Å². The van der Waals surface area contributed by atoms with Gasteiger partial charge in [0.25, 0.3) is 11.6 Å². The lowest BCUT2D eigenvalue weighted by Gasteiger charge is -2.22. The first-order valence-corrected chi connectivity index (χ1v) is 9.69. The summed E-state index contributed by atoms with van der Waals surface area (Å²) in [5, 5.41) is 13.6. The third kappa shape index (κ3) is 5.42. The second kappa shape index (κ2) is 9.98. The Morgan fingerprint density at radius 1 is 1.00 bits per heavy atom. The van der Waals surface area contributed by atoms with Crippen LogP contribution in [0, 0.1) is 10.1 Å². The van der Waals surface area contributed by atoms with Gasteiger partial charge >= 0.3 is 0 Å². The van der Waals surface area contributed by atoms with E-state index < -0.39 is 10.8 Å². The monoisotopic (exact) mass is 415 g/mol. The molecule has 0 spiro atoms. The van der Waals surface area contributed by atoms with Crippen LogP contribution in [0.15, 0.2) is 84.9 Å². The molecule has 0 saturated heterocycles. The van der Waals surface area contributed by atoms with Crippen molar-refractivity contribution in [2.24, 2.45) is 0 Å². The molecule has 7 heteroatoms. The number of nitrogens with one attached hydrogen (secondary N) is 1. The van der Waals surface area contributed by atoms with E-state index in [0.717, 1.165) is 5.69 Å². The number of rotatable bonds is 7. The van der Waals surface area contributed by atoms with Gasteiger partial charge < -0.3 is 10.2 Å². The van der Waals surface area contributed by atoms with Gasteiger partial charge in [-0.1, -0.05) is 42.5 Å². The molecule has 3 rings (SSSR count). The van der Waals surface area contributed by atoms with Crippen molar-refractivity contribution >= 4 is 35.0 Å². The summed E-state index contributed by atoms with van der Waals surface area (Å²) in [6.07, 6.45) is 2.75. The van der Waals surface area contributed by atoms with Gasteiger partial charge in [-0.2, -0.15) is 0 Å². The van der Waals surface area contributed by atoms with Crippen molar-refractivity contribution in [2.75, 3.05) is 16.8 Å². The Morgan fingerprint density at radius 2 is 1.71 bits per heavy atom. The van der Waals surface area contributed by atoms with Crippen LogP contribution >= 0.6 is 0 Å². The number of carbonyl (C=O) groups excluding carboxylic acids is 2. The molecule has 0 heterocycles. The van der Waals surface area contributed by atoms with Crippen LogP contribution in [0.4, 0.5) is 17.1 Å². The average Bonchev–Trinajstić information content (AvgIpc) is 2.79. The van der Waals surface area contributed by atoms with Crippen molar-refractivity contribution in [3.05, 3.63) is 106 Å². The van der Waals surface area contributed by atoms with E-state index in [9.17, 15) is 19.7 Å². The van der Waals surface area contributed by atoms with Crippen LogP contribution in [0.2, 0.25) is 0 Å². The van der Waals surface area contributed by atoms with Crippen LogP contribution in [0.1, 0.15) is 22.8 Å². The lowest BCUT2D eigenvalue weighted by molar-refractivity contribution is -0.384. The molecule has 3 aromatic carbocycles. The molecule has 0 bridgehead atoms. The van der Waals surface area contributed by atoms with E-state index in [4.69, 9.17) is 0 Å². The standard InChI is InChI=1S/C24H21N3O4/c1-2-26(19-10-4-3-5-11-19)24(29)21-13-6-7-14-22(21)25-23(28)16-15-18-9-8-12-20(17-18)27(30)31/h3-17H,2H2,1H3,(H,25,28)/b16-15+. The molecule has 3 aromatic rings. The van der Waals surface area contributed by atoms with Crippen LogP contribution in [0.25, 0.3) is 6.08 Å². The molecule has 0 aliphatic rings. The Bertz CT molecular complexity index is 1130. The fourth-order valence-corrected chi connectivity index (χ4v) is 3.06. The van der Waals surface area contributed by atoms with Crippen molar-refractivity contribution in [2.45, 2.75) is 6.92 Å². The maximum Gasteiger partial charge on any atom is 0.270 e. The number of nitro benzene ring substituents is 1. The minimum atomic E-state index is -0.495. The number of benzene rings is 3. The Balaban J connectivity index is 1.79. The van der Waals surface area contributed by atoms with Gasteiger partial charge in [-0.25, -0.2) is 0 Å². The van der Waals surface area contributed by atoms with Crippen LogP contribution in [0.5, 0.6) is 0 Å². The molecule has 31 heavy (non-hydrogen) atoms. The third-order valence-corrected chi connectivity index (χ3v) is 4.55.